The lowest BCUT2D eigenvalue weighted by molar-refractivity contribution is -0.141. The Labute approximate surface area is 143 Å². The molecule has 23 heavy (non-hydrogen) atoms. The molecule has 0 radical (unpaired) electrons. The van der Waals surface area contributed by atoms with Crippen molar-refractivity contribution < 1.29 is 14.3 Å². The quantitative estimate of drug-likeness (QED) is 0.535. The van der Waals surface area contributed by atoms with Gasteiger partial charge in [-0.15, -0.1) is 0 Å². The zero-order valence-corrected chi connectivity index (χ0v) is 14.7. The zero-order chi connectivity index (χ0) is 17.2. The first-order chi connectivity index (χ1) is 10.9. The van der Waals surface area contributed by atoms with Gasteiger partial charge in [0.1, 0.15) is 0 Å². The second-order valence-electron chi connectivity index (χ2n) is 5.72. The number of hydrogen-bond acceptors (Lipinski definition) is 3. The molecule has 0 saturated carbocycles. The maximum Gasteiger partial charge on any atom is 0.307 e. The molecule has 0 bridgehead atoms. The van der Waals surface area contributed by atoms with Crippen LogP contribution in [0.1, 0.15) is 32.3 Å². The van der Waals surface area contributed by atoms with Gasteiger partial charge < -0.3 is 9.64 Å². The van der Waals surface area contributed by atoms with Gasteiger partial charge in [-0.1, -0.05) is 37.6 Å². The number of carbonyl (C=O) groups excluding carboxylic acids is 2. The molecule has 1 aromatic rings. The second-order valence-corrected chi connectivity index (χ2v) is 6.16. The number of halogens is 1. The van der Waals surface area contributed by atoms with Crippen molar-refractivity contribution in [2.75, 3.05) is 20.2 Å². The fourth-order valence-electron chi connectivity index (χ4n) is 1.92. The first kappa shape index (κ1) is 19.2. The largest absolute Gasteiger partial charge is 0.469 e. The molecule has 0 atom stereocenters. The number of nitrogens with zero attached hydrogens (tertiary/aromatic N) is 1. The van der Waals surface area contributed by atoms with Crippen molar-refractivity contribution >= 4 is 29.6 Å². The molecule has 4 nitrogen and oxygen atoms in total. The van der Waals surface area contributed by atoms with Gasteiger partial charge in [0, 0.05) is 24.2 Å². The Morgan fingerprint density at radius 1 is 1.22 bits per heavy atom. The third-order valence-corrected chi connectivity index (χ3v) is 3.64. The zero-order valence-electron chi connectivity index (χ0n) is 13.9. The van der Waals surface area contributed by atoms with Crippen molar-refractivity contribution in [3.8, 4) is 0 Å². The van der Waals surface area contributed by atoms with Crippen LogP contribution in [0.3, 0.4) is 0 Å². The predicted octanol–water partition coefficient (Wildman–Crippen LogP) is 3.79. The molecule has 1 amide bonds. The molecule has 0 fully saturated rings. The Hall–Kier alpha value is -1.81. The molecular weight excluding hydrogens is 314 g/mol. The second kappa shape index (κ2) is 10.1. The van der Waals surface area contributed by atoms with Crippen LogP contribution in [-0.2, 0) is 14.3 Å². The molecule has 5 heteroatoms. The Morgan fingerprint density at radius 2 is 1.87 bits per heavy atom. The summed E-state index contributed by atoms with van der Waals surface area (Å²) < 4.78 is 4.64. The molecule has 0 aromatic heterocycles. The van der Waals surface area contributed by atoms with Crippen LogP contribution in [0, 0.1) is 5.92 Å². The molecule has 0 spiro atoms. The summed E-state index contributed by atoms with van der Waals surface area (Å²) in [7, 11) is 1.35. The van der Waals surface area contributed by atoms with Gasteiger partial charge in [-0.05, 0) is 36.1 Å². The Morgan fingerprint density at radius 3 is 2.43 bits per heavy atom. The van der Waals surface area contributed by atoms with Crippen molar-refractivity contribution in [2.45, 2.75) is 26.7 Å². The topological polar surface area (TPSA) is 46.6 Å². The highest BCUT2D eigenvalue weighted by atomic mass is 35.5. The molecule has 126 valence electrons. The third kappa shape index (κ3) is 7.84. The lowest BCUT2D eigenvalue weighted by atomic mass is 10.1. The Kier molecular flexibility index (Phi) is 8.41. The van der Waals surface area contributed by atoms with Gasteiger partial charge in [-0.3, -0.25) is 9.59 Å². The summed E-state index contributed by atoms with van der Waals surface area (Å²) in [4.78, 5) is 25.3. The van der Waals surface area contributed by atoms with Crippen molar-refractivity contribution in [1.29, 1.82) is 0 Å². The first-order valence-corrected chi connectivity index (χ1v) is 8.09. The standard InChI is InChI=1S/C18H24ClNO3/c1-14(2)10-12-20(13-11-18(22)23-3)17(21)9-6-15-4-7-16(19)8-5-15/h4-9,14H,10-13H2,1-3H3/b9-6+. The van der Waals surface area contributed by atoms with Gasteiger partial charge in [-0.2, -0.15) is 0 Å². The fourth-order valence-corrected chi connectivity index (χ4v) is 2.05. The van der Waals surface area contributed by atoms with Gasteiger partial charge in [0.2, 0.25) is 5.91 Å². The number of ether oxygens (including phenoxy) is 1. The van der Waals surface area contributed by atoms with Crippen LogP contribution in [0.4, 0.5) is 0 Å². The molecule has 0 aliphatic carbocycles. The molecule has 0 aliphatic heterocycles. The molecule has 0 saturated heterocycles. The summed E-state index contributed by atoms with van der Waals surface area (Å²) >= 11 is 5.84. The maximum atomic E-state index is 12.4. The van der Waals surface area contributed by atoms with E-state index in [0.717, 1.165) is 12.0 Å². The number of esters is 1. The summed E-state index contributed by atoms with van der Waals surface area (Å²) in [6, 6.07) is 7.25. The highest BCUT2D eigenvalue weighted by Crippen LogP contribution is 2.11. The van der Waals surface area contributed by atoms with E-state index in [1.165, 1.54) is 13.2 Å². The highest BCUT2D eigenvalue weighted by Gasteiger charge is 2.13. The number of hydrogen-bond donors (Lipinski definition) is 0. The first-order valence-electron chi connectivity index (χ1n) is 7.71. The minimum atomic E-state index is -0.311. The molecule has 1 rings (SSSR count). The van der Waals surface area contributed by atoms with E-state index in [-0.39, 0.29) is 18.3 Å². The summed E-state index contributed by atoms with van der Waals surface area (Å²) in [5.74, 6) is 0.0715. The van der Waals surface area contributed by atoms with Crippen LogP contribution in [0.2, 0.25) is 5.02 Å². The van der Waals surface area contributed by atoms with Gasteiger partial charge in [0.05, 0.1) is 13.5 Å². The maximum absolute atomic E-state index is 12.4. The Bertz CT molecular complexity index is 538. The molecular formula is C18H24ClNO3. The van der Waals surface area contributed by atoms with E-state index in [1.807, 2.05) is 12.1 Å². The minimum absolute atomic E-state index is 0.107. The van der Waals surface area contributed by atoms with Crippen LogP contribution in [-0.4, -0.2) is 37.0 Å². The lowest BCUT2D eigenvalue weighted by Crippen LogP contribution is -2.33. The predicted molar refractivity (Wildman–Crippen MR) is 93.2 cm³/mol. The molecule has 0 aliphatic rings. The van der Waals surface area contributed by atoms with Crippen molar-refractivity contribution in [3.05, 3.63) is 40.9 Å². The third-order valence-electron chi connectivity index (χ3n) is 3.39. The number of carbonyl (C=O) groups is 2. The lowest BCUT2D eigenvalue weighted by Gasteiger charge is -2.21. The normalized spacial score (nSPS) is 11.0. The minimum Gasteiger partial charge on any atom is -0.469 e. The molecule has 0 unspecified atom stereocenters. The average molecular weight is 338 g/mol. The van der Waals surface area contributed by atoms with Gasteiger partial charge in [0.25, 0.3) is 0 Å². The average Bonchev–Trinajstić information content (AvgIpc) is 2.53. The highest BCUT2D eigenvalue weighted by molar-refractivity contribution is 6.30. The van der Waals surface area contributed by atoms with Crippen molar-refractivity contribution in [3.63, 3.8) is 0 Å². The SMILES string of the molecule is COC(=O)CCN(CCC(C)C)C(=O)/C=C/c1ccc(Cl)cc1. The number of methoxy groups -OCH3 is 1. The van der Waals surface area contributed by atoms with Crippen LogP contribution >= 0.6 is 11.6 Å². The van der Waals surface area contributed by atoms with Gasteiger partial charge in [0.15, 0.2) is 0 Å². The van der Waals surface area contributed by atoms with Crippen molar-refractivity contribution in [2.24, 2.45) is 5.92 Å². The van der Waals surface area contributed by atoms with Crippen LogP contribution in [0.5, 0.6) is 0 Å². The van der Waals surface area contributed by atoms with Crippen LogP contribution in [0.25, 0.3) is 6.08 Å². The van der Waals surface area contributed by atoms with E-state index >= 15 is 0 Å². The van der Waals surface area contributed by atoms with Crippen LogP contribution in [0.15, 0.2) is 30.3 Å². The number of rotatable bonds is 8. The van der Waals surface area contributed by atoms with E-state index in [0.29, 0.717) is 24.0 Å². The van der Waals surface area contributed by atoms with Gasteiger partial charge >= 0.3 is 5.97 Å². The number of benzene rings is 1. The summed E-state index contributed by atoms with van der Waals surface area (Å²) in [5, 5.41) is 0.658. The van der Waals surface area contributed by atoms with E-state index in [1.54, 1.807) is 23.1 Å². The van der Waals surface area contributed by atoms with Crippen molar-refractivity contribution in [1.82, 2.24) is 4.90 Å². The van der Waals surface area contributed by atoms with E-state index in [4.69, 9.17) is 11.6 Å². The van der Waals surface area contributed by atoms with Gasteiger partial charge in [-0.25, -0.2) is 0 Å². The smallest absolute Gasteiger partial charge is 0.307 e. The molecule has 1 aromatic carbocycles. The molecule has 0 N–H and O–H groups in total. The summed E-state index contributed by atoms with van der Waals surface area (Å²) in [5.41, 5.74) is 0.902. The Balaban J connectivity index is 2.68. The molecule has 0 heterocycles. The van der Waals surface area contributed by atoms with E-state index in [9.17, 15) is 9.59 Å². The van der Waals surface area contributed by atoms with E-state index < -0.39 is 0 Å². The number of amides is 1. The summed E-state index contributed by atoms with van der Waals surface area (Å²) in [6.45, 7) is 5.20. The fraction of sp³-hybridized carbons (Fsp3) is 0.444. The van der Waals surface area contributed by atoms with Crippen LogP contribution < -0.4 is 0 Å². The monoisotopic (exact) mass is 337 g/mol. The summed E-state index contributed by atoms with van der Waals surface area (Å²) in [6.07, 6.45) is 4.37. The van der Waals surface area contributed by atoms with E-state index in [2.05, 4.69) is 18.6 Å².